The number of aromatic nitrogens is 1. The number of amides is 2. The molecule has 2 amide bonds. The van der Waals surface area contributed by atoms with Crippen molar-refractivity contribution in [1.29, 1.82) is 0 Å². The topological polar surface area (TPSA) is 80.3 Å². The third kappa shape index (κ3) is 7.29. The van der Waals surface area contributed by atoms with Crippen LogP contribution in [0.5, 0.6) is 0 Å². The summed E-state index contributed by atoms with van der Waals surface area (Å²) in [6.07, 6.45) is -1.69. The third-order valence-electron chi connectivity index (χ3n) is 3.28. The fourth-order valence-electron chi connectivity index (χ4n) is 2.06. The number of benzene rings is 1. The molecule has 0 aliphatic rings. The smallest absolute Gasteiger partial charge is 0.408 e. The van der Waals surface area contributed by atoms with E-state index in [1.807, 2.05) is 51.1 Å². The molecule has 1 aromatic heterocycles. The fraction of sp³-hybridized carbons (Fsp3) is 0.286. The summed E-state index contributed by atoms with van der Waals surface area (Å²) in [6.45, 7) is 6.91. The number of pyridine rings is 1. The fourth-order valence-corrected chi connectivity index (χ4v) is 2.27. The average molecular weight is 400 g/mol. The highest BCUT2D eigenvalue weighted by Gasteiger charge is 2.21. The predicted octanol–water partition coefficient (Wildman–Crippen LogP) is 3.99. The van der Waals surface area contributed by atoms with E-state index < -0.39 is 23.6 Å². The Bertz CT molecular complexity index is 912. The molecule has 2 aromatic rings. The zero-order valence-corrected chi connectivity index (χ0v) is 16.9. The Morgan fingerprint density at radius 2 is 1.82 bits per heavy atom. The Morgan fingerprint density at radius 3 is 2.46 bits per heavy atom. The molecular weight excluding hydrogens is 378 g/mol. The van der Waals surface area contributed by atoms with Crippen LogP contribution < -0.4 is 10.6 Å². The Morgan fingerprint density at radius 1 is 1.14 bits per heavy atom. The number of hydrogen-bond acceptors (Lipinski definition) is 4. The van der Waals surface area contributed by atoms with Gasteiger partial charge in [-0.25, -0.2) is 9.78 Å². The van der Waals surface area contributed by atoms with E-state index in [9.17, 15) is 9.59 Å². The maximum atomic E-state index is 12.3. The van der Waals surface area contributed by atoms with Gasteiger partial charge in [0.25, 0.3) is 5.91 Å². The second-order valence-electron chi connectivity index (χ2n) is 7.08. The first-order valence-corrected chi connectivity index (χ1v) is 9.04. The summed E-state index contributed by atoms with van der Waals surface area (Å²) >= 11 is 6.10. The number of carbonyl (C=O) groups is 2. The molecule has 0 saturated heterocycles. The minimum absolute atomic E-state index is 0.224. The molecule has 6 nitrogen and oxygen atoms in total. The largest absolute Gasteiger partial charge is 0.436 e. The Hall–Kier alpha value is -3.04. The van der Waals surface area contributed by atoms with Crippen LogP contribution >= 0.6 is 11.6 Å². The monoisotopic (exact) mass is 399 g/mol. The number of ether oxygens (including phenoxy) is 1. The summed E-state index contributed by atoms with van der Waals surface area (Å²) in [5, 5.41) is 5.58. The minimum atomic E-state index is -1.01. The molecule has 0 aliphatic heterocycles. The summed E-state index contributed by atoms with van der Waals surface area (Å²) in [5.74, 6) is 5.58. The standard InChI is InChI=1S/C21H22ClN3O3/c1-14(28-20(27)25-21(2,3)4)19(26)24-18-13-16(22)12-17(23-18)11-10-15-8-6-5-7-9-15/h5-9,12-14H,1-4H3,(H,25,27)(H,23,24,26). The van der Waals surface area contributed by atoms with Gasteiger partial charge in [-0.2, -0.15) is 0 Å². The van der Waals surface area contributed by atoms with Gasteiger partial charge in [-0.1, -0.05) is 35.7 Å². The molecule has 7 heteroatoms. The summed E-state index contributed by atoms with van der Waals surface area (Å²) < 4.78 is 5.08. The molecule has 0 saturated carbocycles. The molecule has 2 N–H and O–H groups in total. The van der Waals surface area contributed by atoms with Gasteiger partial charge >= 0.3 is 6.09 Å². The van der Waals surface area contributed by atoms with Crippen molar-refractivity contribution < 1.29 is 14.3 Å². The minimum Gasteiger partial charge on any atom is -0.436 e. The summed E-state index contributed by atoms with van der Waals surface area (Å²) in [4.78, 5) is 28.3. The van der Waals surface area contributed by atoms with Crippen molar-refractivity contribution >= 4 is 29.4 Å². The van der Waals surface area contributed by atoms with Crippen molar-refractivity contribution in [2.45, 2.75) is 39.3 Å². The Kier molecular flexibility index (Phi) is 7.02. The first kappa shape index (κ1) is 21.3. The number of halogens is 1. The van der Waals surface area contributed by atoms with Crippen LogP contribution in [0.3, 0.4) is 0 Å². The van der Waals surface area contributed by atoms with Gasteiger partial charge in [-0.15, -0.1) is 0 Å². The van der Waals surface area contributed by atoms with Crippen molar-refractivity contribution in [3.63, 3.8) is 0 Å². The molecule has 0 radical (unpaired) electrons. The first-order chi connectivity index (χ1) is 13.1. The third-order valence-corrected chi connectivity index (χ3v) is 3.50. The molecule has 2 rings (SSSR count). The van der Waals surface area contributed by atoms with E-state index in [-0.39, 0.29) is 5.82 Å². The SMILES string of the molecule is CC(OC(=O)NC(C)(C)C)C(=O)Nc1cc(Cl)cc(C#Cc2ccccc2)n1. The van der Waals surface area contributed by atoms with E-state index in [0.717, 1.165) is 5.56 Å². The number of nitrogens with zero attached hydrogens (tertiary/aromatic N) is 1. The van der Waals surface area contributed by atoms with E-state index in [2.05, 4.69) is 27.5 Å². The van der Waals surface area contributed by atoms with Crippen LogP contribution in [-0.2, 0) is 9.53 Å². The van der Waals surface area contributed by atoms with Gasteiger partial charge in [-0.3, -0.25) is 4.79 Å². The van der Waals surface area contributed by atoms with Crippen molar-refractivity contribution in [3.8, 4) is 11.8 Å². The molecule has 146 valence electrons. The van der Waals surface area contributed by atoms with Gasteiger partial charge < -0.3 is 15.4 Å². The van der Waals surface area contributed by atoms with E-state index in [1.54, 1.807) is 6.07 Å². The zero-order chi connectivity index (χ0) is 20.7. The van der Waals surface area contributed by atoms with Crippen LogP contribution in [0.4, 0.5) is 10.6 Å². The highest BCUT2D eigenvalue weighted by Crippen LogP contribution is 2.16. The van der Waals surface area contributed by atoms with Crippen molar-refractivity contribution in [2.24, 2.45) is 0 Å². The normalized spacial score (nSPS) is 11.6. The lowest BCUT2D eigenvalue weighted by Crippen LogP contribution is -2.43. The van der Waals surface area contributed by atoms with Crippen molar-refractivity contribution in [3.05, 3.63) is 58.7 Å². The van der Waals surface area contributed by atoms with Crippen LogP contribution in [0.15, 0.2) is 42.5 Å². The highest BCUT2D eigenvalue weighted by molar-refractivity contribution is 6.31. The second-order valence-corrected chi connectivity index (χ2v) is 7.52. The number of anilines is 1. The van der Waals surface area contributed by atoms with Gasteiger partial charge in [0.1, 0.15) is 11.5 Å². The van der Waals surface area contributed by atoms with E-state index in [4.69, 9.17) is 16.3 Å². The number of hydrogen-bond donors (Lipinski definition) is 2. The highest BCUT2D eigenvalue weighted by atomic mass is 35.5. The van der Waals surface area contributed by atoms with E-state index in [0.29, 0.717) is 10.7 Å². The number of alkyl carbamates (subject to hydrolysis) is 1. The molecule has 0 fully saturated rings. The van der Waals surface area contributed by atoms with Gasteiger partial charge in [0.05, 0.1) is 0 Å². The summed E-state index contributed by atoms with van der Waals surface area (Å²) in [7, 11) is 0. The maximum Gasteiger partial charge on any atom is 0.408 e. The second kappa shape index (κ2) is 9.25. The molecule has 0 bridgehead atoms. The van der Waals surface area contributed by atoms with Crippen LogP contribution in [-0.4, -0.2) is 28.6 Å². The predicted molar refractivity (Wildman–Crippen MR) is 109 cm³/mol. The van der Waals surface area contributed by atoms with Crippen molar-refractivity contribution in [1.82, 2.24) is 10.3 Å². The summed E-state index contributed by atoms with van der Waals surface area (Å²) in [5.41, 5.74) is 0.779. The maximum absolute atomic E-state index is 12.3. The zero-order valence-electron chi connectivity index (χ0n) is 16.2. The molecule has 1 unspecified atom stereocenters. The molecule has 28 heavy (non-hydrogen) atoms. The number of rotatable bonds is 3. The molecule has 1 heterocycles. The first-order valence-electron chi connectivity index (χ1n) is 8.67. The lowest BCUT2D eigenvalue weighted by Gasteiger charge is -2.21. The average Bonchev–Trinajstić information content (AvgIpc) is 2.58. The van der Waals surface area contributed by atoms with Crippen molar-refractivity contribution in [2.75, 3.05) is 5.32 Å². The molecule has 0 spiro atoms. The Labute approximate surface area is 169 Å². The number of carbonyl (C=O) groups excluding carboxylic acids is 2. The van der Waals surface area contributed by atoms with Crippen LogP contribution in [0.2, 0.25) is 5.02 Å². The number of nitrogens with one attached hydrogen (secondary N) is 2. The summed E-state index contributed by atoms with van der Waals surface area (Å²) in [6, 6.07) is 12.5. The molecule has 0 aliphatic carbocycles. The van der Waals surface area contributed by atoms with Crippen LogP contribution in [0.1, 0.15) is 39.0 Å². The molecular formula is C21H22ClN3O3. The van der Waals surface area contributed by atoms with Gasteiger partial charge in [0.15, 0.2) is 6.10 Å². The van der Waals surface area contributed by atoms with Gasteiger partial charge in [0, 0.05) is 16.1 Å². The van der Waals surface area contributed by atoms with E-state index >= 15 is 0 Å². The molecule has 1 aromatic carbocycles. The lowest BCUT2D eigenvalue weighted by molar-refractivity contribution is -0.123. The van der Waals surface area contributed by atoms with Gasteiger partial charge in [-0.05, 0) is 57.9 Å². The van der Waals surface area contributed by atoms with Gasteiger partial charge in [0.2, 0.25) is 0 Å². The van der Waals surface area contributed by atoms with E-state index in [1.165, 1.54) is 13.0 Å². The molecule has 1 atom stereocenters. The van der Waals surface area contributed by atoms with Crippen LogP contribution in [0, 0.1) is 11.8 Å². The van der Waals surface area contributed by atoms with Crippen LogP contribution in [0.25, 0.3) is 0 Å². The quantitative estimate of drug-likeness (QED) is 0.765. The lowest BCUT2D eigenvalue weighted by atomic mass is 10.1. The Balaban J connectivity index is 2.05.